The van der Waals surface area contributed by atoms with Gasteiger partial charge in [-0.2, -0.15) is 5.10 Å². The van der Waals surface area contributed by atoms with Gasteiger partial charge in [-0.1, -0.05) is 18.2 Å². The zero-order valence-electron chi connectivity index (χ0n) is 14.8. The molecule has 1 aromatic heterocycles. The van der Waals surface area contributed by atoms with Crippen LogP contribution in [0.4, 0.5) is 11.4 Å². The number of hydrogen-bond donors (Lipinski definition) is 1. The zero-order chi connectivity index (χ0) is 17.2. The van der Waals surface area contributed by atoms with E-state index in [1.165, 1.54) is 11.3 Å². The minimum Gasteiger partial charge on any atom is -0.494 e. The minimum absolute atomic E-state index is 0. The molecule has 1 aliphatic heterocycles. The Balaban J connectivity index is 0.00000196. The molecule has 1 aliphatic rings. The molecule has 2 aromatic carbocycles. The molecule has 136 valence electrons. The van der Waals surface area contributed by atoms with Crippen molar-refractivity contribution in [1.82, 2.24) is 9.78 Å². The second-order valence-corrected chi connectivity index (χ2v) is 6.28. The van der Waals surface area contributed by atoms with E-state index in [0.717, 1.165) is 48.7 Å². The van der Waals surface area contributed by atoms with Gasteiger partial charge in [0.25, 0.3) is 0 Å². The second-order valence-electron chi connectivity index (χ2n) is 6.28. The molecule has 0 radical (unpaired) electrons. The molecule has 0 spiro atoms. The van der Waals surface area contributed by atoms with Crippen molar-refractivity contribution in [3.05, 3.63) is 66.0 Å². The zero-order valence-corrected chi connectivity index (χ0v) is 15.6. The van der Waals surface area contributed by atoms with E-state index in [0.29, 0.717) is 0 Å². The largest absolute Gasteiger partial charge is 0.494 e. The lowest BCUT2D eigenvalue weighted by atomic mass is 10.00. The first-order valence-corrected chi connectivity index (χ1v) is 8.56. The standard InChI is InChI=1S/C20H22N4O.ClH/c1-25-20-10-3-2-8-19(20)24-15(11-12-22-24)14-23-13-5-6-16-17(21)7-4-9-18(16)23;/h2-4,7-12H,5-6,13-14,21H2,1H3;1H. The van der Waals surface area contributed by atoms with Crippen LogP contribution < -0.4 is 15.4 Å². The molecular formula is C20H23ClN4O. The van der Waals surface area contributed by atoms with E-state index in [4.69, 9.17) is 10.5 Å². The van der Waals surface area contributed by atoms with Gasteiger partial charge in [0.15, 0.2) is 0 Å². The molecule has 6 heteroatoms. The van der Waals surface area contributed by atoms with Gasteiger partial charge in [0.2, 0.25) is 0 Å². The SMILES string of the molecule is COc1ccccc1-n1nccc1CN1CCCc2c(N)cccc21.Cl. The number of para-hydroxylation sites is 2. The maximum atomic E-state index is 6.18. The number of aromatic nitrogens is 2. The van der Waals surface area contributed by atoms with Crippen LogP contribution in [0.1, 0.15) is 17.7 Å². The number of benzene rings is 2. The van der Waals surface area contributed by atoms with Gasteiger partial charge in [-0.05, 0) is 48.7 Å². The van der Waals surface area contributed by atoms with Crippen molar-refractivity contribution < 1.29 is 4.74 Å². The van der Waals surface area contributed by atoms with Gasteiger partial charge in [-0.15, -0.1) is 12.4 Å². The lowest BCUT2D eigenvalue weighted by molar-refractivity contribution is 0.411. The van der Waals surface area contributed by atoms with Crippen molar-refractivity contribution in [2.45, 2.75) is 19.4 Å². The molecule has 0 bridgehead atoms. The van der Waals surface area contributed by atoms with E-state index in [1.54, 1.807) is 7.11 Å². The van der Waals surface area contributed by atoms with Crippen molar-refractivity contribution in [3.63, 3.8) is 0 Å². The van der Waals surface area contributed by atoms with Crippen LogP contribution >= 0.6 is 12.4 Å². The molecular weight excluding hydrogens is 348 g/mol. The molecule has 3 aromatic rings. The molecule has 0 fully saturated rings. The van der Waals surface area contributed by atoms with E-state index in [1.807, 2.05) is 47.3 Å². The first-order valence-electron chi connectivity index (χ1n) is 8.56. The van der Waals surface area contributed by atoms with Crippen LogP contribution in [0.2, 0.25) is 0 Å². The highest BCUT2D eigenvalue weighted by molar-refractivity contribution is 5.85. The molecule has 2 N–H and O–H groups in total. The molecule has 0 saturated heterocycles. The summed E-state index contributed by atoms with van der Waals surface area (Å²) in [5.74, 6) is 0.815. The van der Waals surface area contributed by atoms with E-state index in [2.05, 4.69) is 22.1 Å². The Morgan fingerprint density at radius 3 is 2.73 bits per heavy atom. The lowest BCUT2D eigenvalue weighted by Crippen LogP contribution is -2.30. The van der Waals surface area contributed by atoms with Crippen LogP contribution in [-0.4, -0.2) is 23.4 Å². The number of nitrogen functional groups attached to an aromatic ring is 1. The molecule has 0 amide bonds. The smallest absolute Gasteiger partial charge is 0.144 e. The Morgan fingerprint density at radius 2 is 1.88 bits per heavy atom. The highest BCUT2D eigenvalue weighted by Gasteiger charge is 2.20. The quantitative estimate of drug-likeness (QED) is 0.709. The Bertz CT molecular complexity index is 893. The normalized spacial score (nSPS) is 13.0. The average molecular weight is 371 g/mol. The molecule has 0 aliphatic carbocycles. The first kappa shape index (κ1) is 18.1. The summed E-state index contributed by atoms with van der Waals surface area (Å²) < 4.78 is 7.45. The highest BCUT2D eigenvalue weighted by atomic mass is 35.5. The second kappa shape index (κ2) is 7.70. The summed E-state index contributed by atoms with van der Waals surface area (Å²) in [6.07, 6.45) is 4.00. The van der Waals surface area contributed by atoms with E-state index >= 15 is 0 Å². The van der Waals surface area contributed by atoms with Crippen LogP contribution in [0.5, 0.6) is 5.75 Å². The maximum Gasteiger partial charge on any atom is 0.144 e. The van der Waals surface area contributed by atoms with Crippen molar-refractivity contribution in [2.75, 3.05) is 24.3 Å². The third kappa shape index (κ3) is 3.22. The van der Waals surface area contributed by atoms with Gasteiger partial charge in [-0.3, -0.25) is 0 Å². The van der Waals surface area contributed by atoms with Crippen LogP contribution in [0.25, 0.3) is 5.69 Å². The van der Waals surface area contributed by atoms with Crippen LogP contribution in [0.15, 0.2) is 54.7 Å². The monoisotopic (exact) mass is 370 g/mol. The summed E-state index contributed by atoms with van der Waals surface area (Å²) >= 11 is 0. The van der Waals surface area contributed by atoms with Crippen LogP contribution in [0, 0.1) is 0 Å². The summed E-state index contributed by atoms with van der Waals surface area (Å²) in [5, 5.41) is 4.52. The maximum absolute atomic E-state index is 6.18. The van der Waals surface area contributed by atoms with Crippen molar-refractivity contribution in [2.24, 2.45) is 0 Å². The highest BCUT2D eigenvalue weighted by Crippen LogP contribution is 2.32. The number of methoxy groups -OCH3 is 1. The fourth-order valence-electron chi connectivity index (χ4n) is 3.56. The molecule has 5 nitrogen and oxygen atoms in total. The number of nitrogens with two attached hydrogens (primary N) is 1. The fraction of sp³-hybridized carbons (Fsp3) is 0.250. The number of hydrogen-bond acceptors (Lipinski definition) is 4. The van der Waals surface area contributed by atoms with Gasteiger partial charge in [0.05, 0.1) is 19.3 Å². The summed E-state index contributed by atoms with van der Waals surface area (Å²) in [6, 6.07) is 16.2. The minimum atomic E-state index is 0. The first-order chi connectivity index (χ1) is 12.3. The number of anilines is 2. The lowest BCUT2D eigenvalue weighted by Gasteiger charge is -2.32. The van der Waals surface area contributed by atoms with E-state index in [-0.39, 0.29) is 12.4 Å². The van der Waals surface area contributed by atoms with Gasteiger partial charge in [0, 0.05) is 24.1 Å². The Labute approximate surface area is 159 Å². The van der Waals surface area contributed by atoms with Crippen molar-refractivity contribution in [3.8, 4) is 11.4 Å². The Hall–Kier alpha value is -2.66. The van der Waals surface area contributed by atoms with Crippen LogP contribution in [-0.2, 0) is 13.0 Å². The average Bonchev–Trinajstić information content (AvgIpc) is 3.10. The number of ether oxygens (including phenoxy) is 1. The number of halogens is 1. The number of fused-ring (bicyclic) bond motifs is 1. The summed E-state index contributed by atoms with van der Waals surface area (Å²) in [5.41, 5.74) is 11.6. The predicted molar refractivity (Wildman–Crippen MR) is 108 cm³/mol. The molecule has 0 unspecified atom stereocenters. The molecule has 26 heavy (non-hydrogen) atoms. The van der Waals surface area contributed by atoms with Gasteiger partial charge >= 0.3 is 0 Å². The third-order valence-corrected chi connectivity index (χ3v) is 4.77. The molecule has 0 saturated carbocycles. The summed E-state index contributed by atoms with van der Waals surface area (Å²) in [6.45, 7) is 1.81. The Kier molecular flexibility index (Phi) is 5.38. The Morgan fingerprint density at radius 1 is 1.08 bits per heavy atom. The van der Waals surface area contributed by atoms with E-state index < -0.39 is 0 Å². The fourth-order valence-corrected chi connectivity index (χ4v) is 3.56. The van der Waals surface area contributed by atoms with Gasteiger partial charge in [-0.25, -0.2) is 4.68 Å². The molecule has 0 atom stereocenters. The van der Waals surface area contributed by atoms with Crippen molar-refractivity contribution >= 4 is 23.8 Å². The predicted octanol–water partition coefficient (Wildman–Crippen LogP) is 3.84. The third-order valence-electron chi connectivity index (χ3n) is 4.77. The van der Waals surface area contributed by atoms with Gasteiger partial charge < -0.3 is 15.4 Å². The molecule has 4 rings (SSSR count). The topological polar surface area (TPSA) is 56.3 Å². The summed E-state index contributed by atoms with van der Waals surface area (Å²) in [4.78, 5) is 2.39. The van der Waals surface area contributed by atoms with Gasteiger partial charge in [0.1, 0.15) is 11.4 Å². The van der Waals surface area contributed by atoms with E-state index in [9.17, 15) is 0 Å². The number of nitrogens with zero attached hydrogens (tertiary/aromatic N) is 3. The van der Waals surface area contributed by atoms with Crippen LogP contribution in [0.3, 0.4) is 0 Å². The van der Waals surface area contributed by atoms with Crippen molar-refractivity contribution in [1.29, 1.82) is 0 Å². The number of rotatable bonds is 4. The summed E-state index contributed by atoms with van der Waals surface area (Å²) in [7, 11) is 1.69. The molecule has 2 heterocycles.